The van der Waals surface area contributed by atoms with Crippen LogP contribution in [0.4, 0.5) is 5.55 Å². The van der Waals surface area contributed by atoms with Crippen molar-refractivity contribution in [3.8, 4) is 0 Å². The standard InChI is InChI=1S/C10H9N4P/c11-10-13-12-9(14-15-10)8-6-4-2-1-3-5-7-8/h1-7H,(H2,11,13)/p+1/b2-1-,3-1?,4-2?,5-3-,6-4-,7-5?,8-6?,8-7+. The van der Waals surface area contributed by atoms with Gasteiger partial charge in [-0.3, -0.25) is 5.73 Å². The average molecular weight is 217 g/mol. The zero-order valence-corrected chi connectivity index (χ0v) is 8.85. The molecule has 2 rings (SSSR count). The largest absolute Gasteiger partial charge is 0.335 e. The molecule has 1 aliphatic rings. The van der Waals surface area contributed by atoms with Gasteiger partial charge in [-0.25, -0.2) is 0 Å². The molecule has 0 atom stereocenters. The molecule has 0 saturated carbocycles. The molecule has 0 amide bonds. The molecule has 1 aromatic rings. The Labute approximate surface area is 89.1 Å². The SMILES string of the molecule is Nc1[nH+]nc(C2=C/C=C\C=C/C=C\2)np1. The molecule has 1 aromatic heterocycles. The maximum absolute atomic E-state index is 5.51. The third kappa shape index (κ3) is 2.58. The smallest absolute Gasteiger partial charge is 0.280 e. The molecule has 3 N–H and O–H groups in total. The third-order valence-electron chi connectivity index (χ3n) is 1.78. The van der Waals surface area contributed by atoms with E-state index in [-0.39, 0.29) is 0 Å². The summed E-state index contributed by atoms with van der Waals surface area (Å²) < 4.78 is 4.23. The molecular weight excluding hydrogens is 207 g/mol. The summed E-state index contributed by atoms with van der Waals surface area (Å²) in [6.45, 7) is 0. The summed E-state index contributed by atoms with van der Waals surface area (Å²) in [7, 11) is 0.715. The summed E-state index contributed by atoms with van der Waals surface area (Å²) in [5.41, 5.74) is 7.02. The van der Waals surface area contributed by atoms with Gasteiger partial charge in [-0.15, -0.1) is 5.10 Å². The van der Waals surface area contributed by atoms with E-state index in [9.17, 15) is 0 Å². The van der Waals surface area contributed by atoms with E-state index in [1.165, 1.54) is 0 Å². The van der Waals surface area contributed by atoms with E-state index in [4.69, 9.17) is 5.73 Å². The molecule has 1 heterocycles. The van der Waals surface area contributed by atoms with Crippen LogP contribution in [0.15, 0.2) is 42.5 Å². The molecule has 0 fully saturated rings. The van der Waals surface area contributed by atoms with Crippen molar-refractivity contribution in [1.29, 1.82) is 0 Å². The number of allylic oxidation sites excluding steroid dienone is 8. The molecule has 0 radical (unpaired) electrons. The molecule has 0 unspecified atom stereocenters. The number of hydrogen-bond acceptors (Lipinski definition) is 3. The van der Waals surface area contributed by atoms with Crippen molar-refractivity contribution in [2.45, 2.75) is 0 Å². The highest BCUT2D eigenvalue weighted by Gasteiger charge is 2.04. The molecule has 0 aromatic carbocycles. The molecule has 4 nitrogen and oxygen atoms in total. The van der Waals surface area contributed by atoms with Crippen LogP contribution in [0, 0.1) is 0 Å². The van der Waals surface area contributed by atoms with Gasteiger partial charge in [-0.05, 0) is 0 Å². The Morgan fingerprint density at radius 2 is 1.93 bits per heavy atom. The van der Waals surface area contributed by atoms with Gasteiger partial charge in [-0.2, -0.15) is 4.75 Å². The second-order valence-electron chi connectivity index (χ2n) is 2.88. The first-order chi connectivity index (χ1) is 7.36. The van der Waals surface area contributed by atoms with Crippen molar-refractivity contribution in [2.75, 3.05) is 5.73 Å². The first-order valence-corrected chi connectivity index (χ1v) is 5.31. The van der Waals surface area contributed by atoms with Gasteiger partial charge in [0.1, 0.15) is 8.35 Å². The van der Waals surface area contributed by atoms with Crippen LogP contribution in [-0.2, 0) is 0 Å². The minimum Gasteiger partial charge on any atom is -0.280 e. The molecule has 5 heteroatoms. The molecule has 0 spiro atoms. The van der Waals surface area contributed by atoms with E-state index < -0.39 is 0 Å². The van der Waals surface area contributed by atoms with Gasteiger partial charge in [0.15, 0.2) is 0 Å². The highest BCUT2D eigenvalue weighted by Crippen LogP contribution is 2.14. The maximum atomic E-state index is 5.51. The zero-order chi connectivity index (χ0) is 10.5. The fourth-order valence-electron chi connectivity index (χ4n) is 1.09. The minimum atomic E-state index is 0.546. The Morgan fingerprint density at radius 1 is 1.13 bits per heavy atom. The lowest BCUT2D eigenvalue weighted by atomic mass is 10.2. The Hall–Kier alpha value is -1.80. The number of nitrogens with zero attached hydrogens (tertiary/aromatic N) is 2. The van der Waals surface area contributed by atoms with Crippen LogP contribution in [-0.4, -0.2) is 9.85 Å². The molecule has 74 valence electrons. The van der Waals surface area contributed by atoms with Crippen molar-refractivity contribution in [3.63, 3.8) is 0 Å². The zero-order valence-electron chi connectivity index (χ0n) is 7.96. The van der Waals surface area contributed by atoms with Gasteiger partial charge in [0, 0.05) is 5.57 Å². The first-order valence-electron chi connectivity index (χ1n) is 4.46. The van der Waals surface area contributed by atoms with Crippen LogP contribution >= 0.6 is 8.35 Å². The first kappa shape index (κ1) is 9.74. The molecule has 0 bridgehead atoms. The summed E-state index contributed by atoms with van der Waals surface area (Å²) in [5, 5.41) is 6.78. The second kappa shape index (κ2) is 4.62. The summed E-state index contributed by atoms with van der Waals surface area (Å²) >= 11 is 0. The molecule has 15 heavy (non-hydrogen) atoms. The predicted molar refractivity (Wildman–Crippen MR) is 60.9 cm³/mol. The van der Waals surface area contributed by atoms with E-state index in [0.717, 1.165) is 5.57 Å². The van der Waals surface area contributed by atoms with Gasteiger partial charge >= 0.3 is 5.55 Å². The Balaban J connectivity index is 2.34. The quantitative estimate of drug-likeness (QED) is 0.775. The highest BCUT2D eigenvalue weighted by molar-refractivity contribution is 7.29. The van der Waals surface area contributed by atoms with Crippen molar-refractivity contribution >= 4 is 19.5 Å². The fraction of sp³-hybridized carbons (Fsp3) is 0. The van der Waals surface area contributed by atoms with Crippen molar-refractivity contribution in [3.05, 3.63) is 48.4 Å². The number of nitrogen functional groups attached to an aromatic ring is 1. The number of nitrogens with two attached hydrogens (primary N) is 1. The lowest BCUT2D eigenvalue weighted by molar-refractivity contribution is -0.436. The summed E-state index contributed by atoms with van der Waals surface area (Å²) in [6, 6.07) is 0. The van der Waals surface area contributed by atoms with Crippen LogP contribution in [0.3, 0.4) is 0 Å². The van der Waals surface area contributed by atoms with Gasteiger partial charge in [0.2, 0.25) is 5.82 Å². The third-order valence-corrected chi connectivity index (χ3v) is 2.39. The van der Waals surface area contributed by atoms with Crippen LogP contribution in [0.2, 0.25) is 0 Å². The van der Waals surface area contributed by atoms with Gasteiger partial charge in [-0.1, -0.05) is 47.6 Å². The fourth-order valence-corrected chi connectivity index (χ4v) is 1.55. The number of aromatic nitrogens is 3. The number of H-pyrrole nitrogens is 1. The normalized spacial score (nSPS) is 24.9. The van der Waals surface area contributed by atoms with Gasteiger partial charge in [0.25, 0.3) is 0 Å². The minimum absolute atomic E-state index is 0.546. The van der Waals surface area contributed by atoms with Crippen LogP contribution in [0.25, 0.3) is 5.57 Å². The number of rotatable bonds is 1. The van der Waals surface area contributed by atoms with E-state index in [0.29, 0.717) is 19.7 Å². The molecule has 1 aliphatic carbocycles. The number of anilines is 1. The van der Waals surface area contributed by atoms with E-state index in [2.05, 4.69) is 14.9 Å². The Morgan fingerprint density at radius 3 is 2.73 bits per heavy atom. The van der Waals surface area contributed by atoms with E-state index in [1.54, 1.807) is 0 Å². The number of aromatic amines is 1. The van der Waals surface area contributed by atoms with Crippen LogP contribution in [0.1, 0.15) is 5.82 Å². The highest BCUT2D eigenvalue weighted by atomic mass is 31.0. The monoisotopic (exact) mass is 217 g/mol. The van der Waals surface area contributed by atoms with Crippen molar-refractivity contribution in [1.82, 2.24) is 9.85 Å². The Kier molecular flexibility index (Phi) is 3.00. The second-order valence-corrected chi connectivity index (χ2v) is 3.77. The number of hydrogen-bond donors (Lipinski definition) is 1. The molecular formula is C10H10N4P+. The lowest BCUT2D eigenvalue weighted by Gasteiger charge is -1.96. The van der Waals surface area contributed by atoms with Crippen molar-refractivity contribution in [2.24, 2.45) is 0 Å². The molecule has 0 saturated heterocycles. The topological polar surface area (TPSA) is 65.9 Å². The van der Waals surface area contributed by atoms with E-state index >= 15 is 0 Å². The maximum Gasteiger partial charge on any atom is 0.335 e. The van der Waals surface area contributed by atoms with Crippen LogP contribution < -0.4 is 10.8 Å². The van der Waals surface area contributed by atoms with Crippen molar-refractivity contribution < 1.29 is 5.10 Å². The Bertz CT molecular complexity index is 457. The summed E-state index contributed by atoms with van der Waals surface area (Å²) in [6.07, 6.45) is 13.7. The lowest BCUT2D eigenvalue weighted by Crippen LogP contribution is -2.15. The summed E-state index contributed by atoms with van der Waals surface area (Å²) in [5.74, 6) is 0.669. The predicted octanol–water partition coefficient (Wildman–Crippen LogP) is 1.52. The van der Waals surface area contributed by atoms with Gasteiger partial charge in [0.05, 0.1) is 0 Å². The average Bonchev–Trinajstić information content (AvgIpc) is 2.19. The number of nitrogens with one attached hydrogen (secondary N) is 1. The summed E-state index contributed by atoms with van der Waals surface area (Å²) in [4.78, 5) is 0. The van der Waals surface area contributed by atoms with Gasteiger partial charge < -0.3 is 0 Å². The van der Waals surface area contributed by atoms with Crippen LogP contribution in [0.5, 0.6) is 0 Å². The van der Waals surface area contributed by atoms with E-state index in [1.807, 2.05) is 42.5 Å². The molecule has 0 aliphatic heterocycles.